The SMILES string of the molecule is c1ccc(-c2cc(-c3ccc(-c4ccc5oc6ccccc6c5c4-c4ccc(-c5cccc6cccnc56)cc4)cc3)nc(-c3ccccc3)n2)cc1. The number of fused-ring (bicyclic) bond motifs is 4. The molecule has 0 fully saturated rings. The van der Waals surface area contributed by atoms with Gasteiger partial charge < -0.3 is 4.42 Å². The first kappa shape index (κ1) is 30.6. The van der Waals surface area contributed by atoms with Crippen molar-refractivity contribution in [3.63, 3.8) is 0 Å². The Hall–Kier alpha value is -7.17. The van der Waals surface area contributed by atoms with Gasteiger partial charge in [0.2, 0.25) is 0 Å². The molecule has 0 aliphatic carbocycles. The highest BCUT2D eigenvalue weighted by Crippen LogP contribution is 2.44. The van der Waals surface area contributed by atoms with E-state index in [0.717, 1.165) is 94.3 Å². The fourth-order valence-electron chi connectivity index (χ4n) is 7.40. The molecule has 4 heteroatoms. The van der Waals surface area contributed by atoms with Crippen molar-refractivity contribution in [2.75, 3.05) is 0 Å². The van der Waals surface area contributed by atoms with Crippen LogP contribution in [-0.4, -0.2) is 15.0 Å². The smallest absolute Gasteiger partial charge is 0.160 e. The van der Waals surface area contributed by atoms with Gasteiger partial charge in [-0.05, 0) is 46.5 Å². The van der Waals surface area contributed by atoms with Crippen LogP contribution in [0.1, 0.15) is 0 Å². The summed E-state index contributed by atoms with van der Waals surface area (Å²) in [6.45, 7) is 0. The quantitative estimate of drug-likeness (QED) is 0.176. The van der Waals surface area contributed by atoms with Crippen LogP contribution in [-0.2, 0) is 0 Å². The third-order valence-corrected chi connectivity index (χ3v) is 9.98. The average molecular weight is 678 g/mol. The van der Waals surface area contributed by atoms with Crippen molar-refractivity contribution in [3.05, 3.63) is 188 Å². The molecule has 10 rings (SSSR count). The van der Waals surface area contributed by atoms with Crippen molar-refractivity contribution in [1.82, 2.24) is 15.0 Å². The maximum atomic E-state index is 6.40. The number of rotatable bonds is 6. The Morgan fingerprint density at radius 3 is 1.75 bits per heavy atom. The predicted octanol–water partition coefficient (Wildman–Crippen LogP) is 12.9. The van der Waals surface area contributed by atoms with E-state index in [1.54, 1.807) is 0 Å². The molecule has 0 atom stereocenters. The summed E-state index contributed by atoms with van der Waals surface area (Å²) in [6, 6.07) is 63.1. The molecule has 0 saturated carbocycles. The summed E-state index contributed by atoms with van der Waals surface area (Å²) in [4.78, 5) is 14.7. The Morgan fingerprint density at radius 1 is 0.396 bits per heavy atom. The molecule has 0 spiro atoms. The van der Waals surface area contributed by atoms with Crippen LogP contribution in [0.25, 0.3) is 100 Å². The minimum absolute atomic E-state index is 0.702. The van der Waals surface area contributed by atoms with Gasteiger partial charge in [0.15, 0.2) is 5.82 Å². The Kier molecular flexibility index (Phi) is 7.43. The lowest BCUT2D eigenvalue weighted by atomic mass is 9.89. The third kappa shape index (κ3) is 5.54. The zero-order chi connectivity index (χ0) is 35.1. The third-order valence-electron chi connectivity index (χ3n) is 9.98. The van der Waals surface area contributed by atoms with Gasteiger partial charge in [-0.2, -0.15) is 0 Å². The second-order valence-corrected chi connectivity index (χ2v) is 13.2. The molecule has 0 aliphatic rings. The van der Waals surface area contributed by atoms with E-state index in [4.69, 9.17) is 19.4 Å². The van der Waals surface area contributed by atoms with Crippen molar-refractivity contribution in [2.45, 2.75) is 0 Å². The van der Waals surface area contributed by atoms with Gasteiger partial charge in [-0.1, -0.05) is 158 Å². The molecule has 0 N–H and O–H groups in total. The monoisotopic (exact) mass is 677 g/mol. The molecule has 4 nitrogen and oxygen atoms in total. The fraction of sp³-hybridized carbons (Fsp3) is 0. The molecular weight excluding hydrogens is 647 g/mol. The van der Waals surface area contributed by atoms with E-state index in [0.29, 0.717) is 5.82 Å². The largest absolute Gasteiger partial charge is 0.456 e. The van der Waals surface area contributed by atoms with Gasteiger partial charge in [0.25, 0.3) is 0 Å². The summed E-state index contributed by atoms with van der Waals surface area (Å²) in [5.41, 5.74) is 14.3. The van der Waals surface area contributed by atoms with Crippen LogP contribution < -0.4 is 0 Å². The van der Waals surface area contributed by atoms with Crippen LogP contribution in [0.15, 0.2) is 193 Å². The lowest BCUT2D eigenvalue weighted by molar-refractivity contribution is 0.669. The molecule has 0 unspecified atom stereocenters. The summed E-state index contributed by atoms with van der Waals surface area (Å²) < 4.78 is 6.40. The van der Waals surface area contributed by atoms with Crippen LogP contribution in [0.4, 0.5) is 0 Å². The van der Waals surface area contributed by atoms with E-state index in [9.17, 15) is 0 Å². The molecule has 248 valence electrons. The second kappa shape index (κ2) is 12.9. The Labute approximate surface area is 306 Å². The molecule has 7 aromatic carbocycles. The molecule has 0 amide bonds. The van der Waals surface area contributed by atoms with Crippen molar-refractivity contribution in [3.8, 4) is 67.3 Å². The second-order valence-electron chi connectivity index (χ2n) is 13.2. The molecule has 0 bridgehead atoms. The van der Waals surface area contributed by atoms with E-state index in [2.05, 4.69) is 127 Å². The topological polar surface area (TPSA) is 51.8 Å². The van der Waals surface area contributed by atoms with Crippen molar-refractivity contribution < 1.29 is 4.42 Å². The zero-order valence-corrected chi connectivity index (χ0v) is 28.6. The van der Waals surface area contributed by atoms with Crippen LogP contribution in [0, 0.1) is 0 Å². The van der Waals surface area contributed by atoms with Gasteiger partial charge in [-0.3, -0.25) is 4.98 Å². The standard InChI is InChI=1S/C49H31N3O/c1-3-11-34(12-4-1)42-31-43(52-49(51-42)38-13-5-2-6-14-38)35-24-20-32(21-25-35)39-28-29-45-47(41-17-7-8-19-44(41)53-45)46(39)36-26-22-33(23-27-36)40-18-9-15-37-16-10-30-50-48(37)40/h1-31H. The van der Waals surface area contributed by atoms with E-state index >= 15 is 0 Å². The first-order valence-electron chi connectivity index (χ1n) is 17.8. The van der Waals surface area contributed by atoms with Gasteiger partial charge in [-0.15, -0.1) is 0 Å². The van der Waals surface area contributed by atoms with Gasteiger partial charge in [0.1, 0.15) is 11.2 Å². The van der Waals surface area contributed by atoms with Crippen molar-refractivity contribution in [2.24, 2.45) is 0 Å². The van der Waals surface area contributed by atoms with Gasteiger partial charge >= 0.3 is 0 Å². The Balaban J connectivity index is 1.10. The maximum absolute atomic E-state index is 6.40. The number of hydrogen-bond acceptors (Lipinski definition) is 4. The van der Waals surface area contributed by atoms with Crippen molar-refractivity contribution >= 4 is 32.8 Å². The Morgan fingerprint density at radius 2 is 1.00 bits per heavy atom. The summed E-state index contributed by atoms with van der Waals surface area (Å²) in [7, 11) is 0. The average Bonchev–Trinajstić information content (AvgIpc) is 3.63. The Bertz CT molecular complexity index is 2850. The van der Waals surface area contributed by atoms with Gasteiger partial charge in [0.05, 0.1) is 16.9 Å². The van der Waals surface area contributed by atoms with E-state index in [1.165, 1.54) is 0 Å². The number of benzene rings is 7. The molecule has 10 aromatic rings. The number of nitrogens with zero attached hydrogens (tertiary/aromatic N) is 3. The molecule has 53 heavy (non-hydrogen) atoms. The number of hydrogen-bond donors (Lipinski definition) is 0. The maximum Gasteiger partial charge on any atom is 0.160 e. The van der Waals surface area contributed by atoms with Crippen molar-refractivity contribution in [1.29, 1.82) is 0 Å². The molecule has 0 aliphatic heterocycles. The molecule has 0 radical (unpaired) electrons. The fourth-order valence-corrected chi connectivity index (χ4v) is 7.40. The summed E-state index contributed by atoms with van der Waals surface area (Å²) >= 11 is 0. The highest BCUT2D eigenvalue weighted by molar-refractivity contribution is 6.16. The van der Waals surface area contributed by atoms with Crippen LogP contribution in [0.2, 0.25) is 0 Å². The molecule has 3 heterocycles. The van der Waals surface area contributed by atoms with Crippen LogP contribution in [0.3, 0.4) is 0 Å². The summed E-state index contributed by atoms with van der Waals surface area (Å²) in [5.74, 6) is 0.702. The number of furan rings is 1. The van der Waals surface area contributed by atoms with E-state index in [1.807, 2.05) is 60.8 Å². The first-order valence-corrected chi connectivity index (χ1v) is 17.8. The minimum Gasteiger partial charge on any atom is -0.456 e. The zero-order valence-electron chi connectivity index (χ0n) is 28.6. The van der Waals surface area contributed by atoms with Crippen LogP contribution in [0.5, 0.6) is 0 Å². The summed E-state index contributed by atoms with van der Waals surface area (Å²) in [5, 5.41) is 3.34. The van der Waals surface area contributed by atoms with Gasteiger partial charge in [-0.25, -0.2) is 9.97 Å². The molecule has 0 saturated heterocycles. The summed E-state index contributed by atoms with van der Waals surface area (Å²) in [6.07, 6.45) is 1.86. The van der Waals surface area contributed by atoms with Gasteiger partial charge in [0, 0.05) is 50.2 Å². The van der Waals surface area contributed by atoms with Crippen LogP contribution >= 0.6 is 0 Å². The minimum atomic E-state index is 0.702. The molecular formula is C49H31N3O. The first-order chi connectivity index (χ1) is 26.3. The lowest BCUT2D eigenvalue weighted by Gasteiger charge is -2.14. The van der Waals surface area contributed by atoms with E-state index < -0.39 is 0 Å². The lowest BCUT2D eigenvalue weighted by Crippen LogP contribution is -1.96. The van der Waals surface area contributed by atoms with E-state index in [-0.39, 0.29) is 0 Å². The predicted molar refractivity (Wildman–Crippen MR) is 217 cm³/mol. The molecule has 3 aromatic heterocycles. The number of pyridine rings is 1. The number of aromatic nitrogens is 3. The number of para-hydroxylation sites is 2. The highest BCUT2D eigenvalue weighted by atomic mass is 16.3. The highest BCUT2D eigenvalue weighted by Gasteiger charge is 2.19. The normalized spacial score (nSPS) is 11.4.